The van der Waals surface area contributed by atoms with Crippen molar-refractivity contribution in [1.29, 1.82) is 0 Å². The summed E-state index contributed by atoms with van der Waals surface area (Å²) in [6.07, 6.45) is 0.397. The molecule has 142 valence electrons. The highest BCUT2D eigenvalue weighted by atomic mass is 16.6. The van der Waals surface area contributed by atoms with E-state index in [4.69, 9.17) is 4.74 Å². The molecule has 2 amide bonds. The van der Waals surface area contributed by atoms with Gasteiger partial charge in [0.05, 0.1) is 0 Å². The first-order valence-corrected chi connectivity index (χ1v) is 9.12. The molecule has 7 nitrogen and oxygen atoms in total. The van der Waals surface area contributed by atoms with E-state index in [2.05, 4.69) is 5.32 Å². The number of aromatic nitrogens is 1. The van der Waals surface area contributed by atoms with Gasteiger partial charge in [0.25, 0.3) is 5.56 Å². The number of likely N-dealkylation sites (tertiary alicyclic amines) is 1. The largest absolute Gasteiger partial charge is 0.444 e. The molecular formula is C19H27N3O4. The van der Waals surface area contributed by atoms with Crippen LogP contribution in [0, 0.1) is 5.92 Å². The average molecular weight is 361 g/mol. The number of rotatable bonds is 2. The van der Waals surface area contributed by atoms with E-state index in [1.54, 1.807) is 39.8 Å². The van der Waals surface area contributed by atoms with E-state index in [0.29, 0.717) is 19.6 Å². The lowest BCUT2D eigenvalue weighted by atomic mass is 9.83. The smallest absolute Gasteiger partial charge is 0.408 e. The topological polar surface area (TPSA) is 80.6 Å². The van der Waals surface area contributed by atoms with Crippen molar-refractivity contribution < 1.29 is 14.3 Å². The molecule has 2 aliphatic rings. The molecule has 1 N–H and O–H groups in total. The van der Waals surface area contributed by atoms with Crippen LogP contribution >= 0.6 is 0 Å². The summed E-state index contributed by atoms with van der Waals surface area (Å²) >= 11 is 0. The number of amides is 2. The maximum Gasteiger partial charge on any atom is 0.408 e. The zero-order chi connectivity index (χ0) is 19.1. The van der Waals surface area contributed by atoms with Crippen LogP contribution in [0.1, 0.15) is 45.7 Å². The number of hydrogen-bond donors (Lipinski definition) is 1. The summed E-state index contributed by atoms with van der Waals surface area (Å²) in [7, 11) is 0. The van der Waals surface area contributed by atoms with Gasteiger partial charge in [0.1, 0.15) is 11.6 Å². The second-order valence-corrected chi connectivity index (χ2v) is 8.31. The number of carbonyl (C=O) groups is 2. The third kappa shape index (κ3) is 3.92. The van der Waals surface area contributed by atoms with E-state index in [9.17, 15) is 14.4 Å². The van der Waals surface area contributed by atoms with Gasteiger partial charge in [-0.25, -0.2) is 4.79 Å². The molecule has 1 aromatic rings. The summed E-state index contributed by atoms with van der Waals surface area (Å²) in [5.41, 5.74) is 0.419. The van der Waals surface area contributed by atoms with Gasteiger partial charge in [-0.2, -0.15) is 0 Å². The Morgan fingerprint density at radius 1 is 1.23 bits per heavy atom. The number of pyridine rings is 1. The Labute approximate surface area is 153 Å². The van der Waals surface area contributed by atoms with E-state index < -0.39 is 17.7 Å². The molecular weight excluding hydrogens is 334 g/mol. The summed E-state index contributed by atoms with van der Waals surface area (Å²) in [6.45, 7) is 8.84. The van der Waals surface area contributed by atoms with Crippen LogP contribution in [-0.4, -0.2) is 46.2 Å². The first kappa shape index (κ1) is 18.5. The summed E-state index contributed by atoms with van der Waals surface area (Å²) in [5, 5.41) is 2.62. The first-order valence-electron chi connectivity index (χ1n) is 9.12. The number of nitrogens with zero attached hydrogens (tertiary/aromatic N) is 2. The predicted octanol–water partition coefficient (Wildman–Crippen LogP) is 1.71. The predicted molar refractivity (Wildman–Crippen MR) is 97.0 cm³/mol. The lowest BCUT2D eigenvalue weighted by molar-refractivity contribution is -0.135. The van der Waals surface area contributed by atoms with Crippen molar-refractivity contribution in [3.8, 4) is 0 Å². The van der Waals surface area contributed by atoms with Crippen LogP contribution in [-0.2, 0) is 16.1 Å². The molecule has 2 unspecified atom stereocenters. The zero-order valence-corrected chi connectivity index (χ0v) is 15.8. The van der Waals surface area contributed by atoms with Crippen molar-refractivity contribution >= 4 is 12.0 Å². The lowest BCUT2D eigenvalue weighted by Crippen LogP contribution is -2.54. The molecule has 3 atom stereocenters. The summed E-state index contributed by atoms with van der Waals surface area (Å²) in [6, 6.07) is 4.68. The molecule has 7 heteroatoms. The molecule has 0 aromatic carbocycles. The SMILES string of the molecule is C[C@H](NC(=O)OC(C)(C)C)C(=O)N1CC2CC(C1)c1cccc(=O)n1C2. The lowest BCUT2D eigenvalue weighted by Gasteiger charge is -2.43. The molecule has 2 aliphatic heterocycles. The standard InChI is InChI=1S/C19H27N3O4/c1-12(20-18(25)26-19(2,3)4)17(24)21-9-13-8-14(11-21)15-6-5-7-16(23)22(15)10-13/h5-7,12-14H,8-11H2,1-4H3,(H,20,25)/t12-,13?,14?/m0/s1. The van der Waals surface area contributed by atoms with Gasteiger partial charge < -0.3 is 19.5 Å². The summed E-state index contributed by atoms with van der Waals surface area (Å²) < 4.78 is 7.06. The van der Waals surface area contributed by atoms with E-state index in [0.717, 1.165) is 12.1 Å². The van der Waals surface area contributed by atoms with Crippen molar-refractivity contribution in [1.82, 2.24) is 14.8 Å². The number of carbonyl (C=O) groups excluding carboxylic acids is 2. The average Bonchev–Trinajstić information content (AvgIpc) is 2.53. The van der Waals surface area contributed by atoms with Crippen molar-refractivity contribution in [2.75, 3.05) is 13.1 Å². The summed E-state index contributed by atoms with van der Waals surface area (Å²) in [4.78, 5) is 38.6. The van der Waals surface area contributed by atoms with Gasteiger partial charge in [0.15, 0.2) is 0 Å². The number of ether oxygens (including phenoxy) is 1. The van der Waals surface area contributed by atoms with Gasteiger partial charge in [-0.3, -0.25) is 9.59 Å². The van der Waals surface area contributed by atoms with Gasteiger partial charge in [-0.05, 0) is 46.1 Å². The molecule has 2 bridgehead atoms. The van der Waals surface area contributed by atoms with Gasteiger partial charge in [0.2, 0.25) is 5.91 Å². The molecule has 3 rings (SSSR count). The number of piperidine rings is 1. The minimum Gasteiger partial charge on any atom is -0.444 e. The van der Waals surface area contributed by atoms with E-state index >= 15 is 0 Å². The number of nitrogens with one attached hydrogen (secondary N) is 1. The zero-order valence-electron chi connectivity index (χ0n) is 15.8. The molecule has 26 heavy (non-hydrogen) atoms. The van der Waals surface area contributed by atoms with Gasteiger partial charge >= 0.3 is 6.09 Å². The highest BCUT2D eigenvalue weighted by molar-refractivity contribution is 5.85. The van der Waals surface area contributed by atoms with E-state index in [1.165, 1.54) is 0 Å². The Kier molecular flexibility index (Phi) is 4.82. The Balaban J connectivity index is 1.67. The van der Waals surface area contributed by atoms with Crippen molar-refractivity contribution in [3.63, 3.8) is 0 Å². The second-order valence-electron chi connectivity index (χ2n) is 8.31. The molecule has 0 spiro atoms. The van der Waals surface area contributed by atoms with Crippen LogP contribution in [0.5, 0.6) is 0 Å². The Bertz CT molecular complexity index is 765. The second kappa shape index (κ2) is 6.78. The maximum atomic E-state index is 12.8. The van der Waals surface area contributed by atoms with Crippen LogP contribution in [0.15, 0.2) is 23.0 Å². The number of alkyl carbamates (subject to hydrolysis) is 1. The molecule has 0 saturated carbocycles. The Hall–Kier alpha value is -2.31. The monoisotopic (exact) mass is 361 g/mol. The third-order valence-electron chi connectivity index (χ3n) is 4.90. The maximum absolute atomic E-state index is 12.8. The number of hydrogen-bond acceptors (Lipinski definition) is 4. The molecule has 3 heterocycles. The fourth-order valence-corrected chi connectivity index (χ4v) is 3.90. The highest BCUT2D eigenvalue weighted by Gasteiger charge is 2.37. The quantitative estimate of drug-likeness (QED) is 0.869. The normalized spacial score (nSPS) is 23.0. The minimum atomic E-state index is -0.651. The van der Waals surface area contributed by atoms with Crippen molar-refractivity contribution in [3.05, 3.63) is 34.2 Å². The molecule has 1 fully saturated rings. The Morgan fingerprint density at radius 3 is 2.65 bits per heavy atom. The van der Waals surface area contributed by atoms with Gasteiger partial charge in [-0.1, -0.05) is 6.07 Å². The van der Waals surface area contributed by atoms with Gasteiger partial charge in [0, 0.05) is 37.3 Å². The van der Waals surface area contributed by atoms with Crippen LogP contribution in [0.2, 0.25) is 0 Å². The van der Waals surface area contributed by atoms with Gasteiger partial charge in [-0.15, -0.1) is 0 Å². The fraction of sp³-hybridized carbons (Fsp3) is 0.632. The van der Waals surface area contributed by atoms with Crippen molar-refractivity contribution in [2.24, 2.45) is 5.92 Å². The van der Waals surface area contributed by atoms with Crippen LogP contribution in [0.25, 0.3) is 0 Å². The minimum absolute atomic E-state index is 0.0249. The van der Waals surface area contributed by atoms with E-state index in [1.807, 2.05) is 15.5 Å². The van der Waals surface area contributed by atoms with Crippen LogP contribution < -0.4 is 10.9 Å². The molecule has 0 radical (unpaired) electrons. The number of fused-ring (bicyclic) bond motifs is 4. The molecule has 0 aliphatic carbocycles. The molecule has 1 saturated heterocycles. The first-order chi connectivity index (χ1) is 12.1. The van der Waals surface area contributed by atoms with E-state index in [-0.39, 0.29) is 23.3 Å². The Morgan fingerprint density at radius 2 is 1.96 bits per heavy atom. The van der Waals surface area contributed by atoms with Crippen LogP contribution in [0.4, 0.5) is 4.79 Å². The fourth-order valence-electron chi connectivity index (χ4n) is 3.90. The third-order valence-corrected chi connectivity index (χ3v) is 4.90. The van der Waals surface area contributed by atoms with Crippen molar-refractivity contribution in [2.45, 2.75) is 58.2 Å². The molecule has 1 aromatic heterocycles. The highest BCUT2D eigenvalue weighted by Crippen LogP contribution is 2.35. The van der Waals surface area contributed by atoms with Crippen LogP contribution in [0.3, 0.4) is 0 Å². The summed E-state index contributed by atoms with van der Waals surface area (Å²) in [5.74, 6) is 0.311.